The summed E-state index contributed by atoms with van der Waals surface area (Å²) in [4.78, 5) is 87.9. The molecular formula is C38H44N8O7. The minimum absolute atomic E-state index is 0.0478. The number of ketones is 1. The van der Waals surface area contributed by atoms with Crippen molar-refractivity contribution in [1.29, 1.82) is 0 Å². The molecule has 0 unspecified atom stereocenters. The Morgan fingerprint density at radius 1 is 0.925 bits per heavy atom. The highest BCUT2D eigenvalue weighted by Crippen LogP contribution is 2.24. The highest BCUT2D eigenvalue weighted by molar-refractivity contribution is 5.97. The monoisotopic (exact) mass is 724 g/mol. The Bertz CT molecular complexity index is 2060. The van der Waals surface area contributed by atoms with Gasteiger partial charge >= 0.3 is 0 Å². The molecule has 0 radical (unpaired) electrons. The number of aromatic nitrogens is 3. The van der Waals surface area contributed by atoms with Gasteiger partial charge in [-0.25, -0.2) is 0 Å². The van der Waals surface area contributed by atoms with E-state index in [2.05, 4.69) is 26.0 Å². The predicted octanol–water partition coefficient (Wildman–Crippen LogP) is 1.08. The number of hydrogen-bond acceptors (Lipinski definition) is 8. The normalized spacial score (nSPS) is 23.2. The van der Waals surface area contributed by atoms with Crippen LogP contribution in [0.1, 0.15) is 59.2 Å². The van der Waals surface area contributed by atoms with E-state index in [4.69, 9.17) is 0 Å². The fraction of sp³-hybridized carbons (Fsp3) is 0.395. The number of Topliss-reactive ketones (excluding diaryl/α,β-unsaturated/α-hetero) is 1. The Labute approximate surface area is 306 Å². The van der Waals surface area contributed by atoms with Crippen molar-refractivity contribution in [2.24, 2.45) is 0 Å². The Morgan fingerprint density at radius 3 is 2.36 bits per heavy atom. The van der Waals surface area contributed by atoms with Gasteiger partial charge in [0.25, 0.3) is 0 Å². The highest BCUT2D eigenvalue weighted by Gasteiger charge is 2.43. The van der Waals surface area contributed by atoms with Gasteiger partial charge in [0.15, 0.2) is 5.78 Å². The summed E-state index contributed by atoms with van der Waals surface area (Å²) in [5.41, 5.74) is 3.58. The van der Waals surface area contributed by atoms with Crippen molar-refractivity contribution < 1.29 is 33.9 Å². The minimum Gasteiger partial charge on any atom is -0.391 e. The Hall–Kier alpha value is -5.83. The fourth-order valence-corrected chi connectivity index (χ4v) is 7.29. The predicted molar refractivity (Wildman–Crippen MR) is 193 cm³/mol. The van der Waals surface area contributed by atoms with E-state index in [0.29, 0.717) is 22.5 Å². The second-order valence-corrected chi connectivity index (χ2v) is 13.8. The van der Waals surface area contributed by atoms with Crippen LogP contribution in [-0.4, -0.2) is 109 Å². The topological polar surface area (TPSA) is 199 Å². The van der Waals surface area contributed by atoms with Gasteiger partial charge in [0.05, 0.1) is 29.9 Å². The zero-order valence-electron chi connectivity index (χ0n) is 30.1. The third-order valence-electron chi connectivity index (χ3n) is 9.98. The van der Waals surface area contributed by atoms with Crippen molar-refractivity contribution in [3.05, 3.63) is 88.9 Å². The summed E-state index contributed by atoms with van der Waals surface area (Å²) in [5, 5.41) is 24.4. The fourth-order valence-electron chi connectivity index (χ4n) is 7.29. The van der Waals surface area contributed by atoms with Crippen molar-refractivity contribution >= 4 is 46.2 Å². The number of carbonyl (C=O) groups is 6. The SMILES string of the molecule is CC(=O)c1c(C)nn(CC(=O)N2CC(=O)N[C@H](Cc3c[nH]c4ccccc34)C(=O)N3C[C@H](O)C[C@H]3C(=O)N[C@@H](C)C(=O)N[C@H](c3ccccc3)C2)c1C. The number of carbonyl (C=O) groups excluding carboxylic acids is 6. The number of amides is 5. The molecule has 2 saturated heterocycles. The van der Waals surface area contributed by atoms with Crippen molar-refractivity contribution in [1.82, 2.24) is 40.5 Å². The van der Waals surface area contributed by atoms with E-state index < -0.39 is 66.4 Å². The summed E-state index contributed by atoms with van der Waals surface area (Å²) in [6, 6.07) is 12.3. The van der Waals surface area contributed by atoms with Crippen LogP contribution in [0.25, 0.3) is 10.9 Å². The smallest absolute Gasteiger partial charge is 0.246 e. The van der Waals surface area contributed by atoms with Gasteiger partial charge in [-0.15, -0.1) is 0 Å². The first-order valence-corrected chi connectivity index (χ1v) is 17.6. The molecule has 278 valence electrons. The molecule has 2 aliphatic rings. The number of nitrogens with zero attached hydrogens (tertiary/aromatic N) is 4. The number of nitrogens with one attached hydrogen (secondary N) is 4. The van der Waals surface area contributed by atoms with Gasteiger partial charge in [-0.2, -0.15) is 5.10 Å². The van der Waals surface area contributed by atoms with Crippen molar-refractivity contribution in [2.45, 2.75) is 77.4 Å². The van der Waals surface area contributed by atoms with Crippen LogP contribution in [0.3, 0.4) is 0 Å². The van der Waals surface area contributed by atoms with Crippen molar-refractivity contribution in [3.63, 3.8) is 0 Å². The molecule has 2 aromatic carbocycles. The molecule has 5 amide bonds. The van der Waals surface area contributed by atoms with E-state index >= 15 is 0 Å². The van der Waals surface area contributed by atoms with Crippen LogP contribution in [0.5, 0.6) is 0 Å². The van der Waals surface area contributed by atoms with Crippen molar-refractivity contribution in [2.75, 3.05) is 19.6 Å². The number of H-pyrrole nitrogens is 1. The maximum Gasteiger partial charge on any atom is 0.246 e. The molecule has 4 aromatic rings. The number of aryl methyl sites for hydroxylation is 1. The molecule has 4 heterocycles. The second kappa shape index (κ2) is 15.4. The van der Waals surface area contributed by atoms with Crippen LogP contribution in [0.2, 0.25) is 0 Å². The van der Waals surface area contributed by atoms with Gasteiger partial charge < -0.3 is 35.8 Å². The number of aliphatic hydroxyl groups excluding tert-OH is 1. The van der Waals surface area contributed by atoms with Crippen LogP contribution >= 0.6 is 0 Å². The van der Waals surface area contributed by atoms with Gasteiger partial charge in [-0.05, 0) is 44.9 Å². The Morgan fingerprint density at radius 2 is 1.64 bits per heavy atom. The summed E-state index contributed by atoms with van der Waals surface area (Å²) < 4.78 is 1.41. The molecule has 15 heteroatoms. The average Bonchev–Trinajstić information content (AvgIpc) is 3.80. The maximum atomic E-state index is 14.3. The average molecular weight is 725 g/mol. The Kier molecular flexibility index (Phi) is 10.7. The summed E-state index contributed by atoms with van der Waals surface area (Å²) in [5.74, 6) is -3.14. The third-order valence-corrected chi connectivity index (χ3v) is 9.98. The number of para-hydroxylation sites is 1. The number of aliphatic hydroxyl groups is 1. The summed E-state index contributed by atoms with van der Waals surface area (Å²) >= 11 is 0. The van der Waals surface area contributed by atoms with Gasteiger partial charge in [0.2, 0.25) is 29.5 Å². The molecule has 0 saturated carbocycles. The summed E-state index contributed by atoms with van der Waals surface area (Å²) in [7, 11) is 0. The zero-order valence-corrected chi connectivity index (χ0v) is 30.1. The maximum absolute atomic E-state index is 14.3. The number of benzene rings is 2. The molecule has 53 heavy (non-hydrogen) atoms. The molecule has 0 bridgehead atoms. The van der Waals surface area contributed by atoms with E-state index in [1.165, 1.54) is 28.3 Å². The van der Waals surface area contributed by atoms with E-state index in [9.17, 15) is 33.9 Å². The van der Waals surface area contributed by atoms with Gasteiger partial charge in [-0.1, -0.05) is 48.5 Å². The molecule has 0 spiro atoms. The van der Waals surface area contributed by atoms with Gasteiger partial charge in [0, 0.05) is 48.7 Å². The number of aromatic amines is 1. The molecule has 2 fully saturated rings. The molecule has 6 rings (SSSR count). The first-order valence-electron chi connectivity index (χ1n) is 17.6. The molecule has 5 atom stereocenters. The highest BCUT2D eigenvalue weighted by atomic mass is 16.3. The van der Waals surface area contributed by atoms with E-state index in [1.807, 2.05) is 24.3 Å². The van der Waals surface area contributed by atoms with E-state index in [0.717, 1.165) is 16.5 Å². The molecule has 15 nitrogen and oxygen atoms in total. The van der Waals surface area contributed by atoms with Crippen LogP contribution in [0.4, 0.5) is 0 Å². The largest absolute Gasteiger partial charge is 0.391 e. The lowest BCUT2D eigenvalue weighted by Gasteiger charge is -2.30. The molecule has 2 aliphatic heterocycles. The lowest BCUT2D eigenvalue weighted by molar-refractivity contribution is -0.142. The molecule has 2 aromatic heterocycles. The summed E-state index contributed by atoms with van der Waals surface area (Å²) in [6.07, 6.45) is 0.750. The second-order valence-electron chi connectivity index (χ2n) is 13.8. The van der Waals surface area contributed by atoms with E-state index in [-0.39, 0.29) is 38.3 Å². The number of fused-ring (bicyclic) bond motifs is 2. The zero-order chi connectivity index (χ0) is 38.0. The quantitative estimate of drug-likeness (QED) is 0.182. The minimum atomic E-state index is -1.18. The van der Waals surface area contributed by atoms with Crippen LogP contribution in [0.15, 0.2) is 60.8 Å². The van der Waals surface area contributed by atoms with Crippen LogP contribution < -0.4 is 16.0 Å². The number of hydrogen-bond donors (Lipinski definition) is 5. The van der Waals surface area contributed by atoms with Crippen molar-refractivity contribution in [3.8, 4) is 0 Å². The van der Waals surface area contributed by atoms with Gasteiger partial charge in [-0.3, -0.25) is 33.4 Å². The van der Waals surface area contributed by atoms with Crippen LogP contribution in [0, 0.1) is 13.8 Å². The lowest BCUT2D eigenvalue weighted by Crippen LogP contribution is -2.56. The van der Waals surface area contributed by atoms with E-state index in [1.54, 1.807) is 50.4 Å². The third kappa shape index (κ3) is 7.99. The Balaban J connectivity index is 1.39. The molecule has 5 N–H and O–H groups in total. The van der Waals surface area contributed by atoms with Gasteiger partial charge in [0.1, 0.15) is 24.7 Å². The molecular weight excluding hydrogens is 680 g/mol. The molecule has 0 aliphatic carbocycles. The first-order chi connectivity index (χ1) is 25.3. The summed E-state index contributed by atoms with van der Waals surface area (Å²) in [6.45, 7) is 5.20. The standard InChI is InChI=1S/C38H44N8O7/c1-21-35(24(4)47)23(3)46(43-21)20-34(50)44-18-31(25-10-6-5-7-11-25)42-36(51)22(2)40-37(52)32-15-27(48)17-45(32)38(53)30(41-33(49)19-44)14-26-16-39-29-13-9-8-12-28(26)29/h5-13,16,22,27,30-32,39,48H,14-15,17-20H2,1-4H3,(H,40,52)(H,41,49)(H,42,51)/t22-,27+,30+,31-,32-/m0/s1. The lowest BCUT2D eigenvalue weighted by atomic mass is 10.0. The van der Waals surface area contributed by atoms with Crippen LogP contribution in [-0.2, 0) is 36.9 Å². The first kappa shape index (κ1) is 36.9. The number of rotatable bonds is 6.